The van der Waals surface area contributed by atoms with Crippen molar-refractivity contribution < 1.29 is 13.2 Å². The van der Waals surface area contributed by atoms with E-state index in [-0.39, 0.29) is 12.0 Å². The van der Waals surface area contributed by atoms with E-state index in [0.717, 1.165) is 25.0 Å². The quantitative estimate of drug-likeness (QED) is 0.699. The van der Waals surface area contributed by atoms with Crippen LogP contribution in [0.5, 0.6) is 0 Å². The molecular weight excluding hydrogens is 310 g/mol. The number of hydrogen-bond acceptors (Lipinski definition) is 3. The van der Waals surface area contributed by atoms with Gasteiger partial charge < -0.3 is 4.74 Å². The van der Waals surface area contributed by atoms with Gasteiger partial charge in [0.1, 0.15) is 0 Å². The minimum Gasteiger partial charge on any atom is -0.378 e. The maximum atomic E-state index is 12.4. The summed E-state index contributed by atoms with van der Waals surface area (Å²) in [5, 5.41) is 0. The summed E-state index contributed by atoms with van der Waals surface area (Å²) in [4.78, 5) is 0.335. The van der Waals surface area contributed by atoms with E-state index in [9.17, 15) is 8.42 Å². The van der Waals surface area contributed by atoms with Crippen molar-refractivity contribution in [2.24, 2.45) is 5.92 Å². The molecule has 0 spiro atoms. The molecule has 0 aromatic heterocycles. The fraction of sp³-hybridized carbons (Fsp3) is 0.667. The van der Waals surface area contributed by atoms with Crippen LogP contribution in [0, 0.1) is 12.8 Å². The average molecular weight is 340 g/mol. The van der Waals surface area contributed by atoms with Gasteiger partial charge >= 0.3 is 0 Å². The lowest BCUT2D eigenvalue weighted by atomic mass is 9.97. The van der Waals surface area contributed by atoms with Gasteiger partial charge in [-0.05, 0) is 31.9 Å². The molecule has 2 atom stereocenters. The molecule has 130 valence electrons. The van der Waals surface area contributed by atoms with E-state index in [2.05, 4.69) is 11.6 Å². The first-order valence-electron chi connectivity index (χ1n) is 8.71. The summed E-state index contributed by atoms with van der Waals surface area (Å²) in [6.07, 6.45) is 7.07. The Morgan fingerprint density at radius 1 is 1.17 bits per heavy atom. The van der Waals surface area contributed by atoms with Gasteiger partial charge in [0.25, 0.3) is 0 Å². The maximum Gasteiger partial charge on any atom is 0.240 e. The van der Waals surface area contributed by atoms with Gasteiger partial charge in [-0.3, -0.25) is 0 Å². The lowest BCUT2D eigenvalue weighted by Gasteiger charge is -2.19. The molecule has 1 aliphatic heterocycles. The number of sulfonamides is 1. The topological polar surface area (TPSA) is 55.4 Å². The van der Waals surface area contributed by atoms with Gasteiger partial charge in [0.15, 0.2) is 0 Å². The highest BCUT2D eigenvalue weighted by molar-refractivity contribution is 7.89. The monoisotopic (exact) mass is 339 g/mol. The molecule has 0 saturated carbocycles. The van der Waals surface area contributed by atoms with E-state index in [0.29, 0.717) is 11.4 Å². The number of hydrogen-bond donors (Lipinski definition) is 1. The van der Waals surface area contributed by atoms with E-state index in [1.165, 1.54) is 25.7 Å². The fourth-order valence-corrected chi connectivity index (χ4v) is 4.13. The van der Waals surface area contributed by atoms with Gasteiger partial charge in [-0.25, -0.2) is 13.1 Å². The summed E-state index contributed by atoms with van der Waals surface area (Å²) >= 11 is 0. The Morgan fingerprint density at radius 2 is 1.91 bits per heavy atom. The molecule has 0 unspecified atom stereocenters. The zero-order chi connectivity index (χ0) is 16.7. The smallest absolute Gasteiger partial charge is 0.240 e. The molecule has 5 heteroatoms. The highest BCUT2D eigenvalue weighted by atomic mass is 32.2. The molecule has 2 rings (SSSR count). The predicted octanol–water partition coefficient (Wildman–Crippen LogP) is 3.65. The Balaban J connectivity index is 1.84. The third-order valence-electron chi connectivity index (χ3n) is 4.56. The van der Waals surface area contributed by atoms with Gasteiger partial charge in [0, 0.05) is 19.1 Å². The number of ether oxygens (including phenoxy) is 1. The summed E-state index contributed by atoms with van der Waals surface area (Å²) in [5.74, 6) is 0.289. The van der Waals surface area contributed by atoms with Gasteiger partial charge in [0.05, 0.1) is 11.0 Å². The minimum atomic E-state index is -3.42. The highest BCUT2D eigenvalue weighted by Gasteiger charge is 2.29. The fourth-order valence-electron chi connectivity index (χ4n) is 3.04. The van der Waals surface area contributed by atoms with Crippen LogP contribution in [0.2, 0.25) is 0 Å². The summed E-state index contributed by atoms with van der Waals surface area (Å²) < 4.78 is 33.3. The maximum absolute atomic E-state index is 12.4. The molecule has 1 N–H and O–H groups in total. The summed E-state index contributed by atoms with van der Waals surface area (Å²) in [6.45, 7) is 5.36. The second-order valence-corrected chi connectivity index (χ2v) is 8.24. The first-order chi connectivity index (χ1) is 11.0. The zero-order valence-corrected chi connectivity index (χ0v) is 15.1. The van der Waals surface area contributed by atoms with Crippen molar-refractivity contribution in [2.45, 2.75) is 63.4 Å². The molecule has 1 aliphatic rings. The summed E-state index contributed by atoms with van der Waals surface area (Å²) in [5.41, 5.74) is 1.06. The third-order valence-corrected chi connectivity index (χ3v) is 5.99. The molecule has 1 heterocycles. The SMILES string of the molecule is CCCCCC[C@H]1OCC[C@H]1CNS(=O)(=O)c1ccc(C)cc1. The predicted molar refractivity (Wildman–Crippen MR) is 93.0 cm³/mol. The number of unbranched alkanes of at least 4 members (excludes halogenated alkanes) is 3. The van der Waals surface area contributed by atoms with Crippen LogP contribution in [0.15, 0.2) is 29.2 Å². The molecular formula is C18H29NO3S. The lowest BCUT2D eigenvalue weighted by molar-refractivity contribution is 0.0820. The Morgan fingerprint density at radius 3 is 2.61 bits per heavy atom. The highest BCUT2D eigenvalue weighted by Crippen LogP contribution is 2.25. The van der Waals surface area contributed by atoms with E-state index >= 15 is 0 Å². The second-order valence-electron chi connectivity index (χ2n) is 6.47. The van der Waals surface area contributed by atoms with Crippen molar-refractivity contribution in [3.8, 4) is 0 Å². The van der Waals surface area contributed by atoms with Gasteiger partial charge in [-0.1, -0.05) is 50.3 Å². The molecule has 0 bridgehead atoms. The van der Waals surface area contributed by atoms with E-state index in [1.807, 2.05) is 19.1 Å². The van der Waals surface area contributed by atoms with Crippen LogP contribution < -0.4 is 4.72 Å². The molecule has 4 nitrogen and oxygen atoms in total. The van der Waals surface area contributed by atoms with E-state index in [4.69, 9.17) is 4.74 Å². The molecule has 1 fully saturated rings. The standard InChI is InChI=1S/C18H29NO3S/c1-3-4-5-6-7-18-16(12-13-22-18)14-19-23(20,21)17-10-8-15(2)9-11-17/h8-11,16,18-19H,3-7,12-14H2,1-2H3/t16-,18+/m0/s1. The van der Waals surface area contributed by atoms with Crippen LogP contribution in [0.3, 0.4) is 0 Å². The Hall–Kier alpha value is -0.910. The number of benzene rings is 1. The van der Waals surface area contributed by atoms with Gasteiger partial charge in [-0.15, -0.1) is 0 Å². The molecule has 0 amide bonds. The summed E-state index contributed by atoms with van der Waals surface area (Å²) in [7, 11) is -3.42. The second kappa shape index (κ2) is 8.81. The van der Waals surface area contributed by atoms with Crippen molar-refractivity contribution >= 4 is 10.0 Å². The van der Waals surface area contributed by atoms with Crippen molar-refractivity contribution in [1.82, 2.24) is 4.72 Å². The van der Waals surface area contributed by atoms with Crippen LogP contribution in [-0.2, 0) is 14.8 Å². The minimum absolute atomic E-state index is 0.201. The van der Waals surface area contributed by atoms with Crippen LogP contribution in [0.25, 0.3) is 0 Å². The first-order valence-corrected chi connectivity index (χ1v) is 10.2. The Kier molecular flexibility index (Phi) is 7.06. The molecule has 0 radical (unpaired) electrons. The van der Waals surface area contributed by atoms with Gasteiger partial charge in [0.2, 0.25) is 10.0 Å². The Bertz CT molecular complexity index is 568. The van der Waals surface area contributed by atoms with Crippen molar-refractivity contribution in [1.29, 1.82) is 0 Å². The van der Waals surface area contributed by atoms with Crippen LogP contribution in [0.1, 0.15) is 51.0 Å². The lowest BCUT2D eigenvalue weighted by Crippen LogP contribution is -2.33. The van der Waals surface area contributed by atoms with Crippen LogP contribution in [0.4, 0.5) is 0 Å². The van der Waals surface area contributed by atoms with E-state index < -0.39 is 10.0 Å². The summed E-state index contributed by atoms with van der Waals surface area (Å²) in [6, 6.07) is 6.96. The van der Waals surface area contributed by atoms with Crippen molar-refractivity contribution in [3.05, 3.63) is 29.8 Å². The number of rotatable bonds is 9. The first kappa shape index (κ1) is 18.4. The van der Waals surface area contributed by atoms with E-state index in [1.54, 1.807) is 12.1 Å². The average Bonchev–Trinajstić information content (AvgIpc) is 2.98. The van der Waals surface area contributed by atoms with Crippen LogP contribution >= 0.6 is 0 Å². The van der Waals surface area contributed by atoms with Gasteiger partial charge in [-0.2, -0.15) is 0 Å². The van der Waals surface area contributed by atoms with Crippen molar-refractivity contribution in [2.75, 3.05) is 13.2 Å². The largest absolute Gasteiger partial charge is 0.378 e. The molecule has 0 aliphatic carbocycles. The molecule has 1 aromatic rings. The third kappa shape index (κ3) is 5.59. The molecule has 1 saturated heterocycles. The Labute approximate surface area is 140 Å². The number of nitrogens with one attached hydrogen (secondary N) is 1. The normalized spacial score (nSPS) is 21.7. The van der Waals surface area contributed by atoms with Crippen LogP contribution in [-0.4, -0.2) is 27.7 Å². The molecule has 1 aromatic carbocycles. The molecule has 23 heavy (non-hydrogen) atoms. The van der Waals surface area contributed by atoms with Crippen molar-refractivity contribution in [3.63, 3.8) is 0 Å². The zero-order valence-electron chi connectivity index (χ0n) is 14.3. The number of aryl methyl sites for hydroxylation is 1.